The zero-order valence-electron chi connectivity index (χ0n) is 8.81. The molecule has 1 unspecified atom stereocenters. The van der Waals surface area contributed by atoms with Gasteiger partial charge in [-0.15, -0.1) is 0 Å². The van der Waals surface area contributed by atoms with Crippen LogP contribution in [0.5, 0.6) is 5.88 Å². The molecule has 5 nitrogen and oxygen atoms in total. The number of aromatic nitrogens is 1. The molecule has 88 valence electrons. The van der Waals surface area contributed by atoms with Gasteiger partial charge in [0.2, 0.25) is 5.88 Å². The number of hydrogen-bond donors (Lipinski definition) is 2. The number of aliphatic carboxylic acids is 1. The van der Waals surface area contributed by atoms with E-state index in [4.69, 9.17) is 27.2 Å². The van der Waals surface area contributed by atoms with Gasteiger partial charge in [0, 0.05) is 11.5 Å². The Kier molecular flexibility index (Phi) is 4.52. The van der Waals surface area contributed by atoms with Gasteiger partial charge in [0.25, 0.3) is 0 Å². The second-order valence-electron chi connectivity index (χ2n) is 3.26. The zero-order valence-corrected chi connectivity index (χ0v) is 9.57. The first-order valence-electron chi connectivity index (χ1n) is 4.70. The summed E-state index contributed by atoms with van der Waals surface area (Å²) in [4.78, 5) is 14.6. The maximum atomic E-state index is 10.7. The fraction of sp³-hybridized carbons (Fsp3) is 0.400. The predicted octanol–water partition coefficient (Wildman–Crippen LogP) is 1.26. The van der Waals surface area contributed by atoms with Crippen LogP contribution in [0.4, 0.5) is 0 Å². The average molecular weight is 245 g/mol. The van der Waals surface area contributed by atoms with Crippen molar-refractivity contribution in [3.05, 3.63) is 22.8 Å². The molecule has 1 atom stereocenters. The molecule has 1 aromatic heterocycles. The van der Waals surface area contributed by atoms with Crippen molar-refractivity contribution in [2.24, 2.45) is 5.73 Å². The number of pyridine rings is 1. The number of carbonyl (C=O) groups is 1. The SMILES string of the molecule is COc1nc(Cl)ccc1C(CN)CC(=O)O. The molecule has 0 bridgehead atoms. The van der Waals surface area contributed by atoms with Crippen molar-refractivity contribution < 1.29 is 14.6 Å². The highest BCUT2D eigenvalue weighted by Crippen LogP contribution is 2.28. The number of hydrogen-bond acceptors (Lipinski definition) is 4. The van der Waals surface area contributed by atoms with Crippen LogP contribution in [0.25, 0.3) is 0 Å². The summed E-state index contributed by atoms with van der Waals surface area (Å²) in [6.07, 6.45) is -0.0594. The molecule has 0 aliphatic carbocycles. The van der Waals surface area contributed by atoms with E-state index in [1.807, 2.05) is 0 Å². The fourth-order valence-corrected chi connectivity index (χ4v) is 1.57. The Hall–Kier alpha value is -1.33. The first kappa shape index (κ1) is 12.7. The largest absolute Gasteiger partial charge is 0.481 e. The van der Waals surface area contributed by atoms with E-state index in [0.29, 0.717) is 16.6 Å². The third-order valence-corrected chi connectivity index (χ3v) is 2.40. The maximum absolute atomic E-state index is 10.7. The van der Waals surface area contributed by atoms with Gasteiger partial charge in [-0.1, -0.05) is 17.7 Å². The number of carboxylic acids is 1. The third kappa shape index (κ3) is 3.08. The van der Waals surface area contributed by atoms with Crippen LogP contribution < -0.4 is 10.5 Å². The molecule has 1 heterocycles. The molecule has 0 amide bonds. The van der Waals surface area contributed by atoms with E-state index in [1.165, 1.54) is 7.11 Å². The normalized spacial score (nSPS) is 12.2. The van der Waals surface area contributed by atoms with Crippen molar-refractivity contribution in [3.8, 4) is 5.88 Å². The highest BCUT2D eigenvalue weighted by Gasteiger charge is 2.19. The van der Waals surface area contributed by atoms with Gasteiger partial charge in [-0.3, -0.25) is 4.79 Å². The molecule has 0 aliphatic heterocycles. The standard InChI is InChI=1S/C10H13ClN2O3/c1-16-10-7(2-3-8(11)13-10)6(5-12)4-9(14)15/h2-3,6H,4-5,12H2,1H3,(H,14,15). The average Bonchev–Trinajstić information content (AvgIpc) is 2.25. The summed E-state index contributed by atoms with van der Waals surface area (Å²) < 4.78 is 5.05. The minimum Gasteiger partial charge on any atom is -0.481 e. The lowest BCUT2D eigenvalue weighted by molar-refractivity contribution is -0.137. The Morgan fingerprint density at radius 1 is 1.69 bits per heavy atom. The van der Waals surface area contributed by atoms with Crippen LogP contribution >= 0.6 is 11.6 Å². The van der Waals surface area contributed by atoms with Crippen LogP contribution in [-0.4, -0.2) is 29.7 Å². The van der Waals surface area contributed by atoms with Gasteiger partial charge in [0.05, 0.1) is 13.5 Å². The topological polar surface area (TPSA) is 85.4 Å². The number of nitrogens with zero attached hydrogens (tertiary/aromatic N) is 1. The lowest BCUT2D eigenvalue weighted by Gasteiger charge is -2.15. The maximum Gasteiger partial charge on any atom is 0.304 e. The Morgan fingerprint density at radius 2 is 2.38 bits per heavy atom. The summed E-state index contributed by atoms with van der Waals surface area (Å²) in [5, 5.41) is 9.05. The van der Waals surface area contributed by atoms with E-state index >= 15 is 0 Å². The van der Waals surface area contributed by atoms with E-state index in [2.05, 4.69) is 4.98 Å². The second-order valence-corrected chi connectivity index (χ2v) is 3.65. The van der Waals surface area contributed by atoms with Crippen molar-refractivity contribution >= 4 is 17.6 Å². The molecule has 1 rings (SSSR count). The lowest BCUT2D eigenvalue weighted by Crippen LogP contribution is -2.17. The predicted molar refractivity (Wildman–Crippen MR) is 59.8 cm³/mol. The molecular formula is C10H13ClN2O3. The van der Waals surface area contributed by atoms with Gasteiger partial charge in [-0.05, 0) is 12.6 Å². The van der Waals surface area contributed by atoms with Crippen LogP contribution in [0, 0.1) is 0 Å². The molecule has 0 fully saturated rings. The Bertz CT molecular complexity index is 384. The smallest absolute Gasteiger partial charge is 0.304 e. The highest BCUT2D eigenvalue weighted by atomic mass is 35.5. The Labute approximate surface area is 98.2 Å². The summed E-state index contributed by atoms with van der Waals surface area (Å²) in [6.45, 7) is 0.214. The number of ether oxygens (including phenoxy) is 1. The summed E-state index contributed by atoms with van der Waals surface area (Å²) in [5.74, 6) is -0.908. The zero-order chi connectivity index (χ0) is 12.1. The first-order valence-corrected chi connectivity index (χ1v) is 5.08. The number of methoxy groups -OCH3 is 1. The molecule has 0 aromatic carbocycles. The summed E-state index contributed by atoms with van der Waals surface area (Å²) in [6, 6.07) is 3.28. The minimum atomic E-state index is -0.910. The van der Waals surface area contributed by atoms with Gasteiger partial charge in [0.15, 0.2) is 0 Å². The third-order valence-electron chi connectivity index (χ3n) is 2.19. The van der Waals surface area contributed by atoms with Crippen LogP contribution in [0.1, 0.15) is 17.9 Å². The number of nitrogens with two attached hydrogens (primary N) is 1. The van der Waals surface area contributed by atoms with Crippen molar-refractivity contribution in [1.29, 1.82) is 0 Å². The number of carboxylic acid groups (broad SMARTS) is 1. The van der Waals surface area contributed by atoms with E-state index in [9.17, 15) is 4.79 Å². The molecule has 16 heavy (non-hydrogen) atoms. The van der Waals surface area contributed by atoms with Gasteiger partial charge in [-0.25, -0.2) is 4.98 Å². The lowest BCUT2D eigenvalue weighted by atomic mass is 9.97. The molecule has 3 N–H and O–H groups in total. The monoisotopic (exact) mass is 244 g/mol. The molecule has 0 radical (unpaired) electrons. The molecule has 0 saturated heterocycles. The first-order chi connectivity index (χ1) is 7.58. The molecule has 0 spiro atoms. The summed E-state index contributed by atoms with van der Waals surface area (Å²) in [7, 11) is 1.45. The molecular weight excluding hydrogens is 232 g/mol. The van der Waals surface area contributed by atoms with Gasteiger partial charge >= 0.3 is 5.97 Å². The van der Waals surface area contributed by atoms with Crippen LogP contribution in [0.3, 0.4) is 0 Å². The minimum absolute atomic E-state index is 0.0594. The van der Waals surface area contributed by atoms with Crippen LogP contribution in [-0.2, 0) is 4.79 Å². The van der Waals surface area contributed by atoms with Crippen LogP contribution in [0.15, 0.2) is 12.1 Å². The quantitative estimate of drug-likeness (QED) is 0.762. The van der Waals surface area contributed by atoms with Crippen molar-refractivity contribution in [3.63, 3.8) is 0 Å². The molecule has 0 aliphatic rings. The van der Waals surface area contributed by atoms with E-state index in [1.54, 1.807) is 12.1 Å². The van der Waals surface area contributed by atoms with Gasteiger partial charge in [0.1, 0.15) is 5.15 Å². The van der Waals surface area contributed by atoms with E-state index in [0.717, 1.165) is 0 Å². The molecule has 1 aromatic rings. The Balaban J connectivity index is 3.03. The van der Waals surface area contributed by atoms with Gasteiger partial charge < -0.3 is 15.6 Å². The molecule has 0 saturated carbocycles. The second kappa shape index (κ2) is 5.67. The van der Waals surface area contributed by atoms with Crippen molar-refractivity contribution in [2.45, 2.75) is 12.3 Å². The number of halogens is 1. The fourth-order valence-electron chi connectivity index (χ4n) is 1.43. The summed E-state index contributed by atoms with van der Waals surface area (Å²) >= 11 is 5.71. The number of rotatable bonds is 5. The van der Waals surface area contributed by atoms with Crippen LogP contribution in [0.2, 0.25) is 5.15 Å². The van der Waals surface area contributed by atoms with E-state index in [-0.39, 0.29) is 18.9 Å². The Morgan fingerprint density at radius 3 is 2.88 bits per heavy atom. The van der Waals surface area contributed by atoms with Crippen molar-refractivity contribution in [2.75, 3.05) is 13.7 Å². The highest BCUT2D eigenvalue weighted by molar-refractivity contribution is 6.29. The van der Waals surface area contributed by atoms with Gasteiger partial charge in [-0.2, -0.15) is 0 Å². The van der Waals surface area contributed by atoms with Crippen molar-refractivity contribution in [1.82, 2.24) is 4.98 Å². The summed E-state index contributed by atoms with van der Waals surface area (Å²) in [5.41, 5.74) is 6.20. The van der Waals surface area contributed by atoms with E-state index < -0.39 is 5.97 Å². The molecule has 6 heteroatoms.